The molecule has 2 aliphatic rings. The van der Waals surface area contributed by atoms with E-state index < -0.39 is 0 Å². The van der Waals surface area contributed by atoms with E-state index in [0.717, 1.165) is 31.5 Å². The highest BCUT2D eigenvalue weighted by Gasteiger charge is 2.28. The molecule has 0 radical (unpaired) electrons. The van der Waals surface area contributed by atoms with E-state index in [-0.39, 0.29) is 0 Å². The molecule has 0 spiro atoms. The molecule has 0 unspecified atom stereocenters. The molecule has 74 valence electrons. The fourth-order valence-electron chi connectivity index (χ4n) is 1.97. The first-order valence-corrected chi connectivity index (χ1v) is 5.06. The van der Waals surface area contributed by atoms with Crippen molar-refractivity contribution in [3.05, 3.63) is 23.3 Å². The van der Waals surface area contributed by atoms with Gasteiger partial charge in [-0.3, -0.25) is 5.43 Å². The molecule has 14 heavy (non-hydrogen) atoms. The summed E-state index contributed by atoms with van der Waals surface area (Å²) in [5.41, 5.74) is 5.41. The zero-order valence-electron chi connectivity index (χ0n) is 8.45. The third-order valence-electron chi connectivity index (χ3n) is 2.95. The highest BCUT2D eigenvalue weighted by Crippen LogP contribution is 2.28. The Morgan fingerprint density at radius 2 is 2.36 bits per heavy atom. The monoisotopic (exact) mass is 189 g/mol. The topological polar surface area (TPSA) is 39.1 Å². The van der Waals surface area contributed by atoms with Gasteiger partial charge in [-0.1, -0.05) is 6.08 Å². The summed E-state index contributed by atoms with van der Waals surface area (Å²) in [5.74, 6) is 0.631. The molecule has 1 N–H and O–H groups in total. The summed E-state index contributed by atoms with van der Waals surface area (Å²) >= 11 is 0. The minimum Gasteiger partial charge on any atom is -0.258 e. The van der Waals surface area contributed by atoms with Crippen molar-refractivity contribution in [2.45, 2.75) is 12.8 Å². The molecule has 0 aromatic rings. The van der Waals surface area contributed by atoms with E-state index in [4.69, 9.17) is 5.26 Å². The van der Waals surface area contributed by atoms with Crippen LogP contribution in [0.5, 0.6) is 0 Å². The first-order valence-electron chi connectivity index (χ1n) is 5.06. The highest BCUT2D eigenvalue weighted by molar-refractivity contribution is 5.37. The second kappa shape index (κ2) is 3.95. The second-order valence-electron chi connectivity index (χ2n) is 3.85. The van der Waals surface area contributed by atoms with Gasteiger partial charge in [0.05, 0.1) is 6.07 Å². The average Bonchev–Trinajstić information content (AvgIpc) is 2.17. The van der Waals surface area contributed by atoms with Crippen molar-refractivity contribution >= 4 is 0 Å². The Kier molecular flexibility index (Phi) is 2.67. The van der Waals surface area contributed by atoms with Crippen molar-refractivity contribution in [2.75, 3.05) is 20.1 Å². The molecule has 1 fully saturated rings. The molecule has 0 aromatic heterocycles. The second-order valence-corrected chi connectivity index (χ2v) is 3.85. The standard InChI is InChI=1S/C11H15N3/c1-13-14-7-11(8-14)10-4-2-3-9(5-10)6-12/h4-5,11,13H,2-3,7-8H2,1H3. The first kappa shape index (κ1) is 9.45. The SMILES string of the molecule is CNN1CC(C2=CCCC(C#N)=C2)C1. The molecule has 0 saturated carbocycles. The maximum Gasteiger partial charge on any atom is 0.0947 e. The number of nitrogens with zero attached hydrogens (tertiary/aromatic N) is 2. The Morgan fingerprint density at radius 3 is 3.00 bits per heavy atom. The Hall–Kier alpha value is -1.11. The van der Waals surface area contributed by atoms with Crippen molar-refractivity contribution in [2.24, 2.45) is 5.92 Å². The lowest BCUT2D eigenvalue weighted by atomic mass is 9.87. The van der Waals surface area contributed by atoms with Gasteiger partial charge in [0.1, 0.15) is 0 Å². The lowest BCUT2D eigenvalue weighted by Gasteiger charge is -2.39. The van der Waals surface area contributed by atoms with Crippen molar-refractivity contribution < 1.29 is 0 Å². The molecule has 1 aliphatic carbocycles. The molecule has 0 aromatic carbocycles. The molecule has 2 rings (SSSR count). The van der Waals surface area contributed by atoms with E-state index in [2.05, 4.69) is 28.7 Å². The third kappa shape index (κ3) is 1.72. The van der Waals surface area contributed by atoms with Crippen LogP contribution in [0.25, 0.3) is 0 Å². The summed E-state index contributed by atoms with van der Waals surface area (Å²) in [6.07, 6.45) is 6.30. The number of nitriles is 1. The van der Waals surface area contributed by atoms with Gasteiger partial charge < -0.3 is 0 Å². The van der Waals surface area contributed by atoms with Gasteiger partial charge in [-0.05, 0) is 31.5 Å². The minimum absolute atomic E-state index is 0.631. The van der Waals surface area contributed by atoms with Gasteiger partial charge in [-0.2, -0.15) is 5.26 Å². The number of allylic oxidation sites excluding steroid dienone is 3. The van der Waals surface area contributed by atoms with Crippen LogP contribution in [0.3, 0.4) is 0 Å². The third-order valence-corrected chi connectivity index (χ3v) is 2.95. The van der Waals surface area contributed by atoms with Crippen LogP contribution in [0.15, 0.2) is 23.3 Å². The van der Waals surface area contributed by atoms with Gasteiger partial charge >= 0.3 is 0 Å². The average molecular weight is 189 g/mol. The molecule has 3 nitrogen and oxygen atoms in total. The van der Waals surface area contributed by atoms with Crippen LogP contribution in [0, 0.1) is 17.2 Å². The maximum absolute atomic E-state index is 8.81. The summed E-state index contributed by atoms with van der Waals surface area (Å²) in [6, 6.07) is 2.25. The minimum atomic E-state index is 0.631. The van der Waals surface area contributed by atoms with Crippen LogP contribution in [-0.2, 0) is 0 Å². The molecule has 0 atom stereocenters. The summed E-state index contributed by atoms with van der Waals surface area (Å²) in [6.45, 7) is 2.13. The fraction of sp³-hybridized carbons (Fsp3) is 0.545. The molecule has 1 saturated heterocycles. The van der Waals surface area contributed by atoms with Crippen LogP contribution in [-0.4, -0.2) is 25.1 Å². The molecular formula is C11H15N3. The van der Waals surface area contributed by atoms with Gasteiger partial charge in [-0.25, -0.2) is 5.01 Å². The van der Waals surface area contributed by atoms with E-state index in [9.17, 15) is 0 Å². The number of nitrogens with one attached hydrogen (secondary N) is 1. The largest absolute Gasteiger partial charge is 0.258 e. The van der Waals surface area contributed by atoms with E-state index in [1.807, 2.05) is 7.05 Å². The van der Waals surface area contributed by atoms with Gasteiger partial charge in [0.2, 0.25) is 0 Å². The molecular weight excluding hydrogens is 174 g/mol. The van der Waals surface area contributed by atoms with E-state index in [1.165, 1.54) is 5.57 Å². The van der Waals surface area contributed by atoms with Crippen LogP contribution in [0.4, 0.5) is 0 Å². The molecule has 3 heteroatoms. The van der Waals surface area contributed by atoms with Crippen LogP contribution in [0.2, 0.25) is 0 Å². The van der Waals surface area contributed by atoms with E-state index in [1.54, 1.807) is 0 Å². The molecule has 1 heterocycles. The summed E-state index contributed by atoms with van der Waals surface area (Å²) in [7, 11) is 1.95. The molecule has 0 bridgehead atoms. The van der Waals surface area contributed by atoms with Gasteiger partial charge in [0.15, 0.2) is 0 Å². The summed E-state index contributed by atoms with van der Waals surface area (Å²) in [5, 5.41) is 11.0. The van der Waals surface area contributed by atoms with Crippen molar-refractivity contribution in [1.29, 1.82) is 5.26 Å². The van der Waals surface area contributed by atoms with Gasteiger partial charge in [-0.15, -0.1) is 0 Å². The lowest BCUT2D eigenvalue weighted by Crippen LogP contribution is -2.53. The first-order chi connectivity index (χ1) is 6.83. The van der Waals surface area contributed by atoms with Crippen LogP contribution in [0.1, 0.15) is 12.8 Å². The lowest BCUT2D eigenvalue weighted by molar-refractivity contribution is 0.0758. The predicted molar refractivity (Wildman–Crippen MR) is 55.1 cm³/mol. The van der Waals surface area contributed by atoms with Crippen molar-refractivity contribution in [1.82, 2.24) is 10.4 Å². The normalized spacial score (nSPS) is 23.4. The van der Waals surface area contributed by atoms with E-state index in [0.29, 0.717) is 5.92 Å². The van der Waals surface area contributed by atoms with Crippen LogP contribution >= 0.6 is 0 Å². The molecule has 0 amide bonds. The number of rotatable bonds is 2. The van der Waals surface area contributed by atoms with Gasteiger partial charge in [0.25, 0.3) is 0 Å². The summed E-state index contributed by atoms with van der Waals surface area (Å²) < 4.78 is 0. The zero-order chi connectivity index (χ0) is 9.97. The zero-order valence-corrected chi connectivity index (χ0v) is 8.45. The smallest absolute Gasteiger partial charge is 0.0947 e. The van der Waals surface area contributed by atoms with Crippen LogP contribution < -0.4 is 5.43 Å². The summed E-state index contributed by atoms with van der Waals surface area (Å²) in [4.78, 5) is 0. The Bertz CT molecular complexity index is 316. The highest BCUT2D eigenvalue weighted by atomic mass is 15.5. The Labute approximate surface area is 84.7 Å². The van der Waals surface area contributed by atoms with Crippen molar-refractivity contribution in [3.63, 3.8) is 0 Å². The number of hydrogen-bond donors (Lipinski definition) is 1. The Balaban J connectivity index is 1.97. The van der Waals surface area contributed by atoms with E-state index >= 15 is 0 Å². The number of hydrogen-bond acceptors (Lipinski definition) is 3. The van der Waals surface area contributed by atoms with Crippen molar-refractivity contribution in [3.8, 4) is 6.07 Å². The fourth-order valence-corrected chi connectivity index (χ4v) is 1.97. The van der Waals surface area contributed by atoms with Gasteiger partial charge in [0, 0.05) is 24.6 Å². The quantitative estimate of drug-likeness (QED) is 0.710. The predicted octanol–water partition coefficient (Wildman–Crippen LogP) is 1.22. The Morgan fingerprint density at radius 1 is 1.57 bits per heavy atom. The maximum atomic E-state index is 8.81. The number of hydrazine groups is 1. The molecule has 1 aliphatic heterocycles.